The first-order valence-corrected chi connectivity index (χ1v) is 11.1. The minimum absolute atomic E-state index is 0.273. The summed E-state index contributed by atoms with van der Waals surface area (Å²) in [5, 5.41) is 10.7. The Bertz CT molecular complexity index is 746. The lowest BCUT2D eigenvalue weighted by molar-refractivity contribution is 0.298. The standard InChI is InChI=1S/C21H30N6S/c1-22-20(27-13-9-17(10-14-27)19-24-16-25-26-19)23-15-21(11-5-6-12-21)28-18-7-3-2-4-8-18/h2-4,7-8,16-17H,5-6,9-15H2,1H3,(H,22,23)(H,24,25,26). The zero-order chi connectivity index (χ0) is 19.2. The maximum absolute atomic E-state index is 4.59. The van der Waals surface area contributed by atoms with E-state index in [2.05, 4.69) is 60.7 Å². The third kappa shape index (κ3) is 4.51. The highest BCUT2D eigenvalue weighted by molar-refractivity contribution is 8.00. The van der Waals surface area contributed by atoms with Gasteiger partial charge in [0.1, 0.15) is 12.2 Å². The van der Waals surface area contributed by atoms with Crippen molar-refractivity contribution in [2.24, 2.45) is 4.99 Å². The summed E-state index contributed by atoms with van der Waals surface area (Å²) in [6.07, 6.45) is 8.95. The Balaban J connectivity index is 1.34. The normalized spacial score (nSPS) is 20.5. The summed E-state index contributed by atoms with van der Waals surface area (Å²) in [4.78, 5) is 12.7. The Labute approximate surface area is 171 Å². The second-order valence-corrected chi connectivity index (χ2v) is 9.38. The Morgan fingerprint density at radius 3 is 2.64 bits per heavy atom. The molecule has 2 aliphatic rings. The third-order valence-electron chi connectivity index (χ3n) is 5.99. The summed E-state index contributed by atoms with van der Waals surface area (Å²) < 4.78 is 0.273. The van der Waals surface area contributed by atoms with Gasteiger partial charge in [0.05, 0.1) is 0 Å². The predicted molar refractivity (Wildman–Crippen MR) is 115 cm³/mol. The van der Waals surface area contributed by atoms with Gasteiger partial charge in [-0.2, -0.15) is 5.10 Å². The summed E-state index contributed by atoms with van der Waals surface area (Å²) in [6.45, 7) is 2.98. The van der Waals surface area contributed by atoms with Crippen molar-refractivity contribution in [1.29, 1.82) is 0 Å². The second-order valence-electron chi connectivity index (χ2n) is 7.84. The van der Waals surface area contributed by atoms with Crippen LogP contribution in [-0.4, -0.2) is 57.5 Å². The van der Waals surface area contributed by atoms with E-state index in [1.54, 1.807) is 6.33 Å². The molecule has 1 saturated heterocycles. The van der Waals surface area contributed by atoms with Crippen molar-refractivity contribution >= 4 is 17.7 Å². The van der Waals surface area contributed by atoms with Crippen LogP contribution in [0.5, 0.6) is 0 Å². The topological polar surface area (TPSA) is 69.2 Å². The van der Waals surface area contributed by atoms with E-state index < -0.39 is 0 Å². The summed E-state index contributed by atoms with van der Waals surface area (Å²) in [7, 11) is 1.90. The molecule has 0 bridgehead atoms. The molecule has 2 aromatic rings. The number of benzene rings is 1. The van der Waals surface area contributed by atoms with Gasteiger partial charge in [-0.3, -0.25) is 10.1 Å². The molecule has 4 rings (SSSR count). The number of nitrogens with zero attached hydrogens (tertiary/aromatic N) is 4. The van der Waals surface area contributed by atoms with E-state index >= 15 is 0 Å². The quantitative estimate of drug-likeness (QED) is 0.594. The predicted octanol–water partition coefficient (Wildman–Crippen LogP) is 3.66. The molecule has 1 aromatic heterocycles. The molecule has 150 valence electrons. The lowest BCUT2D eigenvalue weighted by Crippen LogP contribution is -2.49. The van der Waals surface area contributed by atoms with Crippen LogP contribution in [0.1, 0.15) is 50.3 Å². The molecule has 0 unspecified atom stereocenters. The van der Waals surface area contributed by atoms with E-state index in [4.69, 9.17) is 0 Å². The van der Waals surface area contributed by atoms with E-state index in [1.807, 2.05) is 18.8 Å². The van der Waals surface area contributed by atoms with Crippen LogP contribution in [0.3, 0.4) is 0 Å². The molecule has 2 N–H and O–H groups in total. The Morgan fingerprint density at radius 1 is 1.25 bits per heavy atom. The van der Waals surface area contributed by atoms with Crippen molar-refractivity contribution in [1.82, 2.24) is 25.4 Å². The van der Waals surface area contributed by atoms with Gasteiger partial charge in [-0.15, -0.1) is 11.8 Å². The molecule has 7 heteroatoms. The van der Waals surface area contributed by atoms with E-state index in [0.717, 1.165) is 44.3 Å². The van der Waals surface area contributed by atoms with E-state index in [1.165, 1.54) is 30.6 Å². The van der Waals surface area contributed by atoms with Crippen molar-refractivity contribution in [3.63, 3.8) is 0 Å². The van der Waals surface area contributed by atoms with Crippen LogP contribution in [-0.2, 0) is 0 Å². The fourth-order valence-electron chi connectivity index (χ4n) is 4.42. The molecule has 1 aromatic carbocycles. The van der Waals surface area contributed by atoms with Gasteiger partial charge in [-0.25, -0.2) is 4.98 Å². The smallest absolute Gasteiger partial charge is 0.193 e. The van der Waals surface area contributed by atoms with Crippen LogP contribution >= 0.6 is 11.8 Å². The molecule has 1 aliphatic carbocycles. The molecule has 6 nitrogen and oxygen atoms in total. The van der Waals surface area contributed by atoms with Crippen LogP contribution in [0.15, 0.2) is 46.5 Å². The minimum Gasteiger partial charge on any atom is -0.355 e. The highest BCUT2D eigenvalue weighted by atomic mass is 32.2. The minimum atomic E-state index is 0.273. The van der Waals surface area contributed by atoms with Crippen LogP contribution in [0, 0.1) is 0 Å². The number of nitrogens with one attached hydrogen (secondary N) is 2. The van der Waals surface area contributed by atoms with Crippen LogP contribution in [0.2, 0.25) is 0 Å². The SMILES string of the molecule is CN=C(NCC1(Sc2ccccc2)CCCC1)N1CCC(c2ncn[nH]2)CC1. The number of likely N-dealkylation sites (tertiary alicyclic amines) is 1. The van der Waals surface area contributed by atoms with E-state index in [0.29, 0.717) is 5.92 Å². The van der Waals surface area contributed by atoms with Crippen molar-refractivity contribution in [3.8, 4) is 0 Å². The lowest BCUT2D eigenvalue weighted by atomic mass is 9.96. The summed E-state index contributed by atoms with van der Waals surface area (Å²) >= 11 is 2.04. The molecule has 28 heavy (non-hydrogen) atoms. The number of thioether (sulfide) groups is 1. The van der Waals surface area contributed by atoms with Gasteiger partial charge in [0.2, 0.25) is 0 Å². The molecule has 2 fully saturated rings. The van der Waals surface area contributed by atoms with Crippen molar-refractivity contribution < 1.29 is 0 Å². The molecule has 0 amide bonds. The van der Waals surface area contributed by atoms with Gasteiger partial charge in [0.25, 0.3) is 0 Å². The zero-order valence-electron chi connectivity index (χ0n) is 16.6. The molecule has 0 spiro atoms. The summed E-state index contributed by atoms with van der Waals surface area (Å²) in [5.41, 5.74) is 0. The van der Waals surface area contributed by atoms with E-state index in [9.17, 15) is 0 Å². The Hall–Kier alpha value is -2.02. The molecular weight excluding hydrogens is 368 g/mol. The van der Waals surface area contributed by atoms with Crippen molar-refractivity contribution in [3.05, 3.63) is 42.5 Å². The number of rotatable bonds is 5. The first-order chi connectivity index (χ1) is 13.8. The van der Waals surface area contributed by atoms with Gasteiger partial charge >= 0.3 is 0 Å². The molecule has 2 heterocycles. The van der Waals surface area contributed by atoms with Crippen LogP contribution in [0.4, 0.5) is 0 Å². The van der Waals surface area contributed by atoms with Crippen LogP contribution in [0.25, 0.3) is 0 Å². The largest absolute Gasteiger partial charge is 0.355 e. The lowest BCUT2D eigenvalue weighted by Gasteiger charge is -2.36. The van der Waals surface area contributed by atoms with Crippen molar-refractivity contribution in [2.45, 2.75) is 54.1 Å². The number of hydrogen-bond acceptors (Lipinski definition) is 4. The zero-order valence-corrected chi connectivity index (χ0v) is 17.4. The van der Waals surface area contributed by atoms with E-state index in [-0.39, 0.29) is 4.75 Å². The fourth-order valence-corrected chi connectivity index (χ4v) is 5.85. The molecule has 1 aliphatic heterocycles. The highest BCUT2D eigenvalue weighted by Crippen LogP contribution is 2.44. The number of H-pyrrole nitrogens is 1. The first kappa shape index (κ1) is 19.3. The van der Waals surface area contributed by atoms with Gasteiger partial charge < -0.3 is 10.2 Å². The van der Waals surface area contributed by atoms with Gasteiger partial charge in [0, 0.05) is 42.2 Å². The number of piperidine rings is 1. The average molecular weight is 399 g/mol. The first-order valence-electron chi connectivity index (χ1n) is 10.3. The number of aromatic amines is 1. The average Bonchev–Trinajstić information content (AvgIpc) is 3.43. The highest BCUT2D eigenvalue weighted by Gasteiger charge is 2.35. The summed E-state index contributed by atoms with van der Waals surface area (Å²) in [5.74, 6) is 2.54. The fraction of sp³-hybridized carbons (Fsp3) is 0.571. The molecular formula is C21H30N6S. The van der Waals surface area contributed by atoms with Gasteiger partial charge in [0.15, 0.2) is 5.96 Å². The maximum Gasteiger partial charge on any atom is 0.193 e. The van der Waals surface area contributed by atoms with Crippen molar-refractivity contribution in [2.75, 3.05) is 26.7 Å². The van der Waals surface area contributed by atoms with Crippen LogP contribution < -0.4 is 5.32 Å². The number of guanidine groups is 1. The molecule has 1 saturated carbocycles. The third-order valence-corrected chi connectivity index (χ3v) is 7.48. The molecule has 0 radical (unpaired) electrons. The number of hydrogen-bond donors (Lipinski definition) is 2. The Kier molecular flexibility index (Phi) is 6.20. The number of aliphatic imine (C=N–C) groups is 1. The van der Waals surface area contributed by atoms with Gasteiger partial charge in [-0.1, -0.05) is 31.0 Å². The monoisotopic (exact) mass is 398 g/mol. The second kappa shape index (κ2) is 8.99. The molecule has 0 atom stereocenters. The summed E-state index contributed by atoms with van der Waals surface area (Å²) in [6, 6.07) is 10.8. The number of aromatic nitrogens is 3. The van der Waals surface area contributed by atoms with Gasteiger partial charge in [-0.05, 0) is 37.8 Å². The maximum atomic E-state index is 4.59. The Morgan fingerprint density at radius 2 is 2.00 bits per heavy atom.